The van der Waals surface area contributed by atoms with Gasteiger partial charge >= 0.3 is 5.97 Å². The first-order chi connectivity index (χ1) is 46.7. The summed E-state index contributed by atoms with van der Waals surface area (Å²) in [6.07, 6.45) is 90.5. The smallest absolute Gasteiger partial charge is 0.305 e. The second-order valence-corrected chi connectivity index (χ2v) is 27.7. The van der Waals surface area contributed by atoms with Crippen molar-refractivity contribution in [3.05, 3.63) is 85.1 Å². The monoisotopic (exact) mass is 1330 g/mol. The number of aliphatic hydroxyl groups is 5. The highest BCUT2D eigenvalue weighted by molar-refractivity contribution is 5.76. The average molecular weight is 1340 g/mol. The molecule has 0 aromatic carbocycles. The van der Waals surface area contributed by atoms with E-state index in [0.717, 1.165) is 83.5 Å². The van der Waals surface area contributed by atoms with Crippen LogP contribution in [0.3, 0.4) is 0 Å². The summed E-state index contributed by atoms with van der Waals surface area (Å²) in [5, 5.41) is 54.5. The number of rotatable bonds is 71. The Balaban J connectivity index is 1.92. The number of hydrogen-bond acceptors (Lipinski definition) is 10. The van der Waals surface area contributed by atoms with Gasteiger partial charge in [-0.1, -0.05) is 330 Å². The van der Waals surface area contributed by atoms with Gasteiger partial charge in [-0.25, -0.2) is 0 Å². The van der Waals surface area contributed by atoms with E-state index in [-0.39, 0.29) is 18.5 Å². The van der Waals surface area contributed by atoms with Gasteiger partial charge < -0.3 is 45.1 Å². The summed E-state index contributed by atoms with van der Waals surface area (Å²) in [4.78, 5) is 25.2. The molecule has 7 atom stereocenters. The van der Waals surface area contributed by atoms with Crippen molar-refractivity contribution in [2.45, 2.75) is 416 Å². The normalized spacial score (nSPS) is 17.8. The van der Waals surface area contributed by atoms with E-state index < -0.39 is 49.5 Å². The molecule has 1 rings (SSSR count). The molecule has 7 unspecified atom stereocenters. The fourth-order valence-corrected chi connectivity index (χ4v) is 12.3. The summed E-state index contributed by atoms with van der Waals surface area (Å²) in [7, 11) is 0. The molecule has 11 nitrogen and oxygen atoms in total. The maximum atomic E-state index is 13.1. The van der Waals surface area contributed by atoms with Crippen molar-refractivity contribution in [1.29, 1.82) is 0 Å². The van der Waals surface area contributed by atoms with E-state index in [9.17, 15) is 35.1 Å². The molecule has 1 aliphatic heterocycles. The van der Waals surface area contributed by atoms with Crippen LogP contribution in [0.25, 0.3) is 0 Å². The molecule has 1 aliphatic rings. The van der Waals surface area contributed by atoms with E-state index in [2.05, 4.69) is 92.1 Å². The van der Waals surface area contributed by atoms with Crippen LogP contribution in [0.5, 0.6) is 0 Å². The van der Waals surface area contributed by atoms with Crippen molar-refractivity contribution in [3.63, 3.8) is 0 Å². The number of nitrogens with one attached hydrogen (secondary N) is 1. The lowest BCUT2D eigenvalue weighted by molar-refractivity contribution is -0.302. The molecule has 6 N–H and O–H groups in total. The van der Waals surface area contributed by atoms with Gasteiger partial charge in [0.2, 0.25) is 5.91 Å². The van der Waals surface area contributed by atoms with E-state index in [4.69, 9.17) is 14.2 Å². The SMILES string of the molecule is CCCC/C=C\C/C=C\CCCCCCCC(=O)OCCCCCCCCCCCCCCCCC/C=C\C/C=C\CCCCCCCCCCCCCCCCCCCC(=O)NC(COC1OC(CO)C(O)C(O)C1O)C(O)/C=C/CC/C=C/CC/C=C/CCCCCC. The topological polar surface area (TPSA) is 175 Å². The summed E-state index contributed by atoms with van der Waals surface area (Å²) in [5.74, 6) is -0.193. The molecule has 0 aromatic rings. The van der Waals surface area contributed by atoms with E-state index in [1.54, 1.807) is 6.08 Å². The van der Waals surface area contributed by atoms with Crippen molar-refractivity contribution >= 4 is 11.9 Å². The molecule has 0 radical (unpaired) electrons. The van der Waals surface area contributed by atoms with E-state index in [1.165, 1.54) is 263 Å². The second-order valence-electron chi connectivity index (χ2n) is 27.7. The molecule has 0 spiro atoms. The number of allylic oxidation sites excluding steroid dienone is 13. The van der Waals surface area contributed by atoms with Crippen LogP contribution >= 0.6 is 0 Å². The average Bonchev–Trinajstić information content (AvgIpc) is 0.840. The number of carbonyl (C=O) groups excluding carboxylic acids is 2. The Morgan fingerprint density at radius 2 is 0.726 bits per heavy atom. The minimum atomic E-state index is -1.58. The van der Waals surface area contributed by atoms with E-state index in [0.29, 0.717) is 19.4 Å². The van der Waals surface area contributed by atoms with Crippen LogP contribution in [0, 0.1) is 0 Å². The highest BCUT2D eigenvalue weighted by Crippen LogP contribution is 2.23. The lowest BCUT2D eigenvalue weighted by atomic mass is 9.99. The van der Waals surface area contributed by atoms with E-state index >= 15 is 0 Å². The predicted octanol–water partition coefficient (Wildman–Crippen LogP) is 22.0. The Kier molecular flexibility index (Phi) is 68.2. The number of aliphatic hydroxyl groups excluding tert-OH is 5. The summed E-state index contributed by atoms with van der Waals surface area (Å²) >= 11 is 0. The van der Waals surface area contributed by atoms with Gasteiger partial charge in [0.25, 0.3) is 0 Å². The molecule has 0 bridgehead atoms. The number of carbonyl (C=O) groups is 2. The highest BCUT2D eigenvalue weighted by atomic mass is 16.7. The summed E-state index contributed by atoms with van der Waals surface area (Å²) < 4.78 is 16.7. The molecule has 0 aromatic heterocycles. The number of amides is 1. The third kappa shape index (κ3) is 60.5. The summed E-state index contributed by atoms with van der Waals surface area (Å²) in [6, 6.07) is -0.834. The van der Waals surface area contributed by atoms with Crippen LogP contribution in [-0.2, 0) is 23.8 Å². The summed E-state index contributed by atoms with van der Waals surface area (Å²) in [5.41, 5.74) is 0. The summed E-state index contributed by atoms with van der Waals surface area (Å²) in [6.45, 7) is 4.29. The van der Waals surface area contributed by atoms with Gasteiger partial charge in [-0.2, -0.15) is 0 Å². The standard InChI is InChI=1S/C84H151NO10/c1-3-5-7-9-11-13-15-17-46-50-54-58-62-66-70-77(87)76(75-94-84-83(92)82(91)81(90)78(74-86)95-84)85-79(88)71-67-63-59-55-51-47-44-42-40-38-36-34-32-30-28-26-24-22-20-19-21-23-25-27-29-31-33-35-37-39-41-43-45-49-53-57-61-65-69-73-93-80(89)72-68-64-60-56-52-48-18-16-14-12-10-8-6-4-2/h10,12-13,15-16,18-20,23,25,50,54,66,70,76-78,81-84,86-87,90-92H,3-9,11,14,17,21-22,24,26-49,51-53,55-65,67-69,71-75H2,1-2H3,(H,85,88)/b12-10-,15-13+,18-16-,20-19-,25-23-,54-50+,70-66+. The van der Waals surface area contributed by atoms with Gasteiger partial charge in [0.1, 0.15) is 24.4 Å². The first-order valence-corrected chi connectivity index (χ1v) is 40.4. The molecule has 1 heterocycles. The number of unbranched alkanes of at least 4 members (excludes halogenated alkanes) is 45. The molecule has 0 aliphatic carbocycles. The largest absolute Gasteiger partial charge is 0.466 e. The molecule has 11 heteroatoms. The quantitative estimate of drug-likeness (QED) is 0.0195. The minimum Gasteiger partial charge on any atom is -0.466 e. The van der Waals surface area contributed by atoms with Crippen molar-refractivity contribution in [2.75, 3.05) is 19.8 Å². The van der Waals surface area contributed by atoms with Crippen molar-refractivity contribution in [1.82, 2.24) is 5.32 Å². The van der Waals surface area contributed by atoms with Crippen molar-refractivity contribution in [2.24, 2.45) is 0 Å². The molecular weight excluding hydrogens is 1180 g/mol. The fourth-order valence-electron chi connectivity index (χ4n) is 12.3. The molecule has 0 saturated carbocycles. The molecule has 1 amide bonds. The predicted molar refractivity (Wildman–Crippen MR) is 402 cm³/mol. The van der Waals surface area contributed by atoms with Crippen LogP contribution < -0.4 is 5.32 Å². The fraction of sp³-hybridized carbons (Fsp3) is 0.810. The van der Waals surface area contributed by atoms with Crippen LogP contribution in [0.15, 0.2) is 85.1 Å². The van der Waals surface area contributed by atoms with Gasteiger partial charge in [-0.15, -0.1) is 0 Å². The van der Waals surface area contributed by atoms with Crippen molar-refractivity contribution in [3.8, 4) is 0 Å². The minimum absolute atomic E-state index is 0.000627. The van der Waals surface area contributed by atoms with Gasteiger partial charge in [0, 0.05) is 12.8 Å². The molecule has 95 heavy (non-hydrogen) atoms. The number of hydrogen-bond donors (Lipinski definition) is 6. The third-order valence-corrected chi connectivity index (χ3v) is 18.7. The lowest BCUT2D eigenvalue weighted by Crippen LogP contribution is -2.60. The molecule has 1 saturated heterocycles. The second kappa shape index (κ2) is 72.1. The number of ether oxygens (including phenoxy) is 3. The Morgan fingerprint density at radius 1 is 0.389 bits per heavy atom. The number of esters is 1. The Bertz CT molecular complexity index is 1860. The van der Waals surface area contributed by atoms with Gasteiger partial charge in [-0.3, -0.25) is 9.59 Å². The van der Waals surface area contributed by atoms with Gasteiger partial charge in [0.15, 0.2) is 6.29 Å². The Labute approximate surface area is 584 Å². The first kappa shape index (κ1) is 89.9. The van der Waals surface area contributed by atoms with Gasteiger partial charge in [0.05, 0.1) is 32.0 Å². The first-order valence-electron chi connectivity index (χ1n) is 40.4. The van der Waals surface area contributed by atoms with Crippen LogP contribution in [0.4, 0.5) is 0 Å². The zero-order valence-electron chi connectivity index (χ0n) is 61.6. The maximum absolute atomic E-state index is 13.1. The van der Waals surface area contributed by atoms with Crippen LogP contribution in [0.1, 0.15) is 373 Å². The molecule has 552 valence electrons. The molecular formula is C84H151NO10. The van der Waals surface area contributed by atoms with Crippen LogP contribution in [0.2, 0.25) is 0 Å². The zero-order chi connectivity index (χ0) is 68.6. The third-order valence-electron chi connectivity index (χ3n) is 18.7. The zero-order valence-corrected chi connectivity index (χ0v) is 61.6. The van der Waals surface area contributed by atoms with Gasteiger partial charge in [-0.05, 0) is 116 Å². The Morgan fingerprint density at radius 3 is 1.14 bits per heavy atom. The van der Waals surface area contributed by atoms with E-state index in [1.807, 2.05) is 6.08 Å². The van der Waals surface area contributed by atoms with Crippen molar-refractivity contribution < 1.29 is 49.3 Å². The lowest BCUT2D eigenvalue weighted by Gasteiger charge is -2.40. The maximum Gasteiger partial charge on any atom is 0.305 e. The highest BCUT2D eigenvalue weighted by Gasteiger charge is 2.44. The molecule has 1 fully saturated rings. The Hall–Kier alpha value is -3.16. The van der Waals surface area contributed by atoms with Crippen LogP contribution in [-0.4, -0.2) is 100 Å².